The molecule has 2 atom stereocenters. The molecule has 0 aliphatic rings. The van der Waals surface area contributed by atoms with Gasteiger partial charge >= 0.3 is 5.97 Å². The molecule has 0 radical (unpaired) electrons. The fourth-order valence-corrected chi connectivity index (χ4v) is 10.8. The molecule has 0 saturated carbocycles. The molecule has 0 aliphatic carbocycles. The molecule has 0 fully saturated rings. The smallest absolute Gasteiger partial charge is 0.305 e. The highest BCUT2D eigenvalue weighted by Gasteiger charge is 2.18. The summed E-state index contributed by atoms with van der Waals surface area (Å²) in [7, 11) is 0. The summed E-state index contributed by atoms with van der Waals surface area (Å²) in [4.78, 5) is 24.6. The molecule has 2 unspecified atom stereocenters. The molecule has 0 spiro atoms. The summed E-state index contributed by atoms with van der Waals surface area (Å²) in [5.41, 5.74) is 0. The van der Waals surface area contributed by atoms with Crippen molar-refractivity contribution in [2.75, 3.05) is 13.2 Å². The first-order valence-corrected chi connectivity index (χ1v) is 35.6. The summed E-state index contributed by atoms with van der Waals surface area (Å²) in [5, 5.41) is 23.2. The van der Waals surface area contributed by atoms with Crippen LogP contribution >= 0.6 is 0 Å². The Labute approximate surface area is 499 Å². The van der Waals surface area contributed by atoms with E-state index in [0.29, 0.717) is 19.4 Å². The number of aliphatic hydroxyl groups is 2. The van der Waals surface area contributed by atoms with E-state index in [2.05, 4.69) is 67.8 Å². The topological polar surface area (TPSA) is 95.9 Å². The highest BCUT2D eigenvalue weighted by atomic mass is 16.5. The van der Waals surface area contributed by atoms with Crippen LogP contribution in [-0.4, -0.2) is 47.4 Å². The third kappa shape index (κ3) is 64.7. The third-order valence-electron chi connectivity index (χ3n) is 16.3. The number of carbonyl (C=O) groups excluding carboxylic acids is 2. The maximum absolute atomic E-state index is 12.5. The fourth-order valence-electron chi connectivity index (χ4n) is 10.8. The van der Waals surface area contributed by atoms with Crippen LogP contribution in [0.1, 0.15) is 373 Å². The minimum Gasteiger partial charge on any atom is -0.466 e. The second-order valence-corrected chi connectivity index (χ2v) is 24.2. The van der Waals surface area contributed by atoms with Gasteiger partial charge in [0, 0.05) is 12.8 Å². The van der Waals surface area contributed by atoms with Crippen molar-refractivity contribution in [1.29, 1.82) is 0 Å². The van der Waals surface area contributed by atoms with Crippen molar-refractivity contribution in [3.05, 3.63) is 60.8 Å². The molecule has 3 N–H and O–H groups in total. The predicted molar refractivity (Wildman–Crippen MR) is 352 cm³/mol. The monoisotopic (exact) mass is 1120 g/mol. The summed E-state index contributed by atoms with van der Waals surface area (Å²) >= 11 is 0. The van der Waals surface area contributed by atoms with Crippen molar-refractivity contribution in [3.63, 3.8) is 0 Å². The Balaban J connectivity index is 3.45. The Kier molecular flexibility index (Phi) is 66.9. The number of allylic oxidation sites excluding steroid dienone is 9. The van der Waals surface area contributed by atoms with Gasteiger partial charge in [0.2, 0.25) is 5.91 Å². The van der Waals surface area contributed by atoms with Gasteiger partial charge in [-0.1, -0.05) is 325 Å². The van der Waals surface area contributed by atoms with Gasteiger partial charge in [-0.05, 0) is 96.3 Å². The van der Waals surface area contributed by atoms with E-state index in [1.54, 1.807) is 6.08 Å². The number of ether oxygens (including phenoxy) is 1. The summed E-state index contributed by atoms with van der Waals surface area (Å²) in [6.07, 6.45) is 91.5. The van der Waals surface area contributed by atoms with E-state index >= 15 is 0 Å². The van der Waals surface area contributed by atoms with Gasteiger partial charge < -0.3 is 20.3 Å². The summed E-state index contributed by atoms with van der Waals surface area (Å²) in [6, 6.07) is -0.633. The second-order valence-electron chi connectivity index (χ2n) is 24.2. The van der Waals surface area contributed by atoms with E-state index in [1.165, 1.54) is 289 Å². The number of aliphatic hydroxyl groups excluding tert-OH is 2. The van der Waals surface area contributed by atoms with Crippen LogP contribution in [0.4, 0.5) is 0 Å². The molecule has 6 heteroatoms. The molecule has 0 rings (SSSR count). The Hall–Kier alpha value is -2.44. The SMILES string of the molecule is CCCCCC/C=C\C/C=C\CCCCCCCC(=O)OCCCCCCCCCCC/C=C\C/C=C\CCCCCCCCCCCCCC(=O)NC(CO)C(O)/C=C/CCCCCCCCCCCCCCCCCCCC. The van der Waals surface area contributed by atoms with E-state index in [9.17, 15) is 19.8 Å². The molecule has 0 aliphatic heterocycles. The highest BCUT2D eigenvalue weighted by Crippen LogP contribution is 2.18. The van der Waals surface area contributed by atoms with Gasteiger partial charge in [0.25, 0.3) is 0 Å². The van der Waals surface area contributed by atoms with E-state index in [-0.39, 0.29) is 18.5 Å². The molecule has 0 bridgehead atoms. The van der Waals surface area contributed by atoms with Crippen LogP contribution in [0.3, 0.4) is 0 Å². The minimum absolute atomic E-state index is 0.00332. The molecule has 1 amide bonds. The van der Waals surface area contributed by atoms with Crippen LogP contribution in [0.25, 0.3) is 0 Å². The number of unbranched alkanes of at least 4 members (excludes halogenated alkanes) is 47. The van der Waals surface area contributed by atoms with Crippen molar-refractivity contribution in [2.45, 2.75) is 386 Å². The standard InChI is InChI=1S/C74H137NO5/c1-3-5-7-9-11-13-15-17-19-21-22-32-35-38-42-46-50-54-58-62-66-72(77)71(70-76)75-73(78)67-63-59-55-51-47-43-39-36-33-30-28-26-24-23-25-27-29-31-34-37-41-45-49-53-57-61-65-69-80-74(79)68-64-60-56-52-48-44-40-20-18-16-14-12-10-8-6-4-2/h14,16,20,23-24,27,29,40,62,66,71-72,76-77H,3-13,15,17-19,21-22,25-26,28,30-39,41-61,63-65,67-70H2,1-2H3,(H,75,78)/b16-14-,24-23-,29-27-,40-20-,66-62+. The number of carbonyl (C=O) groups is 2. The van der Waals surface area contributed by atoms with Crippen molar-refractivity contribution in [3.8, 4) is 0 Å². The summed E-state index contributed by atoms with van der Waals surface area (Å²) in [6.45, 7) is 4.90. The molecule has 6 nitrogen and oxygen atoms in total. The average Bonchev–Trinajstić information content (AvgIpc) is 3.46. The maximum atomic E-state index is 12.5. The van der Waals surface area contributed by atoms with E-state index in [1.807, 2.05) is 6.08 Å². The maximum Gasteiger partial charge on any atom is 0.305 e. The van der Waals surface area contributed by atoms with E-state index in [0.717, 1.165) is 57.8 Å². The van der Waals surface area contributed by atoms with Gasteiger partial charge in [-0.25, -0.2) is 0 Å². The predicted octanol–water partition coefficient (Wildman–Crippen LogP) is 23.0. The van der Waals surface area contributed by atoms with Crippen LogP contribution in [-0.2, 0) is 14.3 Å². The molecular weight excluding hydrogens is 983 g/mol. The Morgan fingerprint density at radius 1 is 0.350 bits per heavy atom. The zero-order chi connectivity index (χ0) is 57.8. The second kappa shape index (κ2) is 69.1. The Morgan fingerprint density at radius 2 is 0.625 bits per heavy atom. The van der Waals surface area contributed by atoms with Crippen molar-refractivity contribution >= 4 is 11.9 Å². The average molecular weight is 1120 g/mol. The third-order valence-corrected chi connectivity index (χ3v) is 16.3. The molecule has 0 heterocycles. The van der Waals surface area contributed by atoms with Crippen LogP contribution in [0.5, 0.6) is 0 Å². The molecular formula is C74H137NO5. The van der Waals surface area contributed by atoms with Gasteiger partial charge in [-0.2, -0.15) is 0 Å². The Bertz CT molecular complexity index is 1380. The number of esters is 1. The molecule has 0 saturated heterocycles. The molecule has 0 aromatic carbocycles. The number of hydrogen-bond donors (Lipinski definition) is 3. The highest BCUT2D eigenvalue weighted by molar-refractivity contribution is 5.76. The van der Waals surface area contributed by atoms with Crippen LogP contribution in [0.15, 0.2) is 60.8 Å². The lowest BCUT2D eigenvalue weighted by molar-refractivity contribution is -0.143. The molecule has 0 aromatic rings. The zero-order valence-corrected chi connectivity index (χ0v) is 53.6. The first-order valence-electron chi connectivity index (χ1n) is 35.6. The van der Waals surface area contributed by atoms with E-state index in [4.69, 9.17) is 4.74 Å². The molecule has 0 aromatic heterocycles. The van der Waals surface area contributed by atoms with Crippen molar-refractivity contribution < 1.29 is 24.5 Å². The van der Waals surface area contributed by atoms with Crippen LogP contribution < -0.4 is 5.32 Å². The normalized spacial score (nSPS) is 12.9. The van der Waals surface area contributed by atoms with Gasteiger partial charge in [-0.15, -0.1) is 0 Å². The van der Waals surface area contributed by atoms with Crippen LogP contribution in [0.2, 0.25) is 0 Å². The Morgan fingerprint density at radius 3 is 0.963 bits per heavy atom. The molecule has 80 heavy (non-hydrogen) atoms. The quantitative estimate of drug-likeness (QED) is 0.0320. The van der Waals surface area contributed by atoms with E-state index < -0.39 is 12.1 Å². The van der Waals surface area contributed by atoms with Crippen LogP contribution in [0, 0.1) is 0 Å². The summed E-state index contributed by atoms with van der Waals surface area (Å²) in [5.74, 6) is -0.0721. The fraction of sp³-hybridized carbons (Fsp3) is 0.838. The minimum atomic E-state index is -0.849. The first-order chi connectivity index (χ1) is 39.5. The lowest BCUT2D eigenvalue weighted by atomic mass is 10.0. The van der Waals surface area contributed by atoms with Crippen molar-refractivity contribution in [2.24, 2.45) is 0 Å². The first kappa shape index (κ1) is 77.6. The van der Waals surface area contributed by atoms with Gasteiger partial charge in [0.15, 0.2) is 0 Å². The van der Waals surface area contributed by atoms with Gasteiger partial charge in [-0.3, -0.25) is 9.59 Å². The number of hydrogen-bond acceptors (Lipinski definition) is 5. The van der Waals surface area contributed by atoms with Gasteiger partial charge in [0.1, 0.15) is 0 Å². The van der Waals surface area contributed by atoms with Crippen molar-refractivity contribution in [1.82, 2.24) is 5.32 Å². The lowest BCUT2D eigenvalue weighted by Gasteiger charge is -2.20. The number of nitrogens with one attached hydrogen (secondary N) is 1. The lowest BCUT2D eigenvalue weighted by Crippen LogP contribution is -2.45. The molecule has 468 valence electrons. The number of rotatable bonds is 66. The zero-order valence-electron chi connectivity index (χ0n) is 53.6. The van der Waals surface area contributed by atoms with Gasteiger partial charge in [0.05, 0.1) is 25.4 Å². The largest absolute Gasteiger partial charge is 0.466 e. The number of amides is 1. The summed E-state index contributed by atoms with van der Waals surface area (Å²) < 4.78 is 5.48.